The zero-order valence-corrected chi connectivity index (χ0v) is 25.7. The van der Waals surface area contributed by atoms with Gasteiger partial charge in [-0.05, 0) is 69.4 Å². The van der Waals surface area contributed by atoms with Crippen molar-refractivity contribution in [2.24, 2.45) is 5.92 Å². The Bertz CT molecular complexity index is 1400. The fraction of sp³-hybridized carbons (Fsp3) is 0.452. The maximum Gasteiger partial charge on any atom is 0.266 e. The molecule has 0 aliphatic carbocycles. The highest BCUT2D eigenvalue weighted by Gasteiger charge is 2.37. The summed E-state index contributed by atoms with van der Waals surface area (Å²) in [6, 6.07) is 12.4. The van der Waals surface area contributed by atoms with Crippen LogP contribution in [0.4, 0.5) is 10.2 Å². The number of rotatable bonds is 11. The number of carbonyl (C=O) groups is 2. The van der Waals surface area contributed by atoms with Crippen LogP contribution in [0, 0.1) is 11.9 Å². The molecule has 0 aromatic carbocycles. The molecule has 4 rings (SSSR count). The van der Waals surface area contributed by atoms with Crippen LogP contribution in [0.3, 0.4) is 0 Å². The first kappa shape index (κ1) is 31.5. The van der Waals surface area contributed by atoms with Crippen molar-refractivity contribution in [3.05, 3.63) is 71.6 Å². The SMILES string of the molecule is [B]c1ccc(CC(CCC2CN(C=O)C(C)(C)C2)Nc2cccc(SNC(=O)c3ccc(C(C)(C)C)nc3F)n2)nc1. The number of pyridine rings is 3. The second-order valence-electron chi connectivity index (χ2n) is 12.5. The van der Waals surface area contributed by atoms with Crippen molar-refractivity contribution in [2.45, 2.75) is 82.3 Å². The van der Waals surface area contributed by atoms with E-state index in [0.29, 0.717) is 34.3 Å². The zero-order chi connectivity index (χ0) is 30.5. The fourth-order valence-corrected chi connectivity index (χ4v) is 5.80. The summed E-state index contributed by atoms with van der Waals surface area (Å²) in [4.78, 5) is 39.2. The molecule has 0 spiro atoms. The van der Waals surface area contributed by atoms with E-state index in [1.165, 1.54) is 6.07 Å². The van der Waals surface area contributed by atoms with Crippen LogP contribution in [0.15, 0.2) is 53.7 Å². The van der Waals surface area contributed by atoms with Gasteiger partial charge in [0.2, 0.25) is 12.4 Å². The molecule has 3 aromatic heterocycles. The Hall–Kier alpha value is -3.47. The van der Waals surface area contributed by atoms with Crippen LogP contribution in [-0.2, 0) is 16.6 Å². The minimum Gasteiger partial charge on any atom is -0.367 e. The van der Waals surface area contributed by atoms with Gasteiger partial charge in [-0.2, -0.15) is 4.39 Å². The van der Waals surface area contributed by atoms with Crippen LogP contribution in [0.5, 0.6) is 0 Å². The molecule has 42 heavy (non-hydrogen) atoms. The third kappa shape index (κ3) is 8.30. The Morgan fingerprint density at radius 3 is 2.64 bits per heavy atom. The minimum atomic E-state index is -0.801. The molecule has 1 saturated heterocycles. The molecule has 2 N–H and O–H groups in total. The van der Waals surface area contributed by atoms with Gasteiger partial charge in [0.1, 0.15) is 18.7 Å². The smallest absolute Gasteiger partial charge is 0.266 e. The lowest BCUT2D eigenvalue weighted by molar-refractivity contribution is -0.120. The predicted molar refractivity (Wildman–Crippen MR) is 165 cm³/mol. The molecule has 1 aliphatic rings. The highest BCUT2D eigenvalue weighted by Crippen LogP contribution is 2.34. The summed E-state index contributed by atoms with van der Waals surface area (Å²) in [6.07, 6.45) is 6.02. The molecule has 2 amide bonds. The van der Waals surface area contributed by atoms with Gasteiger partial charge in [0.25, 0.3) is 5.91 Å². The maximum absolute atomic E-state index is 14.6. The second-order valence-corrected chi connectivity index (χ2v) is 13.4. The molecule has 1 aliphatic heterocycles. The molecule has 8 nitrogen and oxygen atoms in total. The Morgan fingerprint density at radius 1 is 1.21 bits per heavy atom. The number of amides is 2. The Balaban J connectivity index is 1.41. The van der Waals surface area contributed by atoms with Crippen molar-refractivity contribution < 1.29 is 14.0 Å². The van der Waals surface area contributed by atoms with Crippen molar-refractivity contribution in [2.75, 3.05) is 11.9 Å². The summed E-state index contributed by atoms with van der Waals surface area (Å²) in [7, 11) is 5.83. The summed E-state index contributed by atoms with van der Waals surface area (Å²) in [5.74, 6) is -0.323. The summed E-state index contributed by atoms with van der Waals surface area (Å²) in [5.41, 5.74) is 1.51. The lowest BCUT2D eigenvalue weighted by Crippen LogP contribution is -2.36. The fourth-order valence-electron chi connectivity index (χ4n) is 5.20. The maximum atomic E-state index is 14.6. The number of likely N-dealkylation sites (tertiary alicyclic amines) is 1. The molecule has 0 bridgehead atoms. The van der Waals surface area contributed by atoms with Gasteiger partial charge < -0.3 is 10.2 Å². The standard InChI is InChI=1S/C31H38BFN6O2S/c1-30(2,3)25-14-13-24(28(33)36-25)29(41)38-42-27-8-6-7-26(37-27)35-23(15-22-12-10-21(32)17-34-22)11-9-20-16-31(4,5)39(18-20)19-40/h6-8,10,12-14,17,19-20,23H,9,11,15-16,18H2,1-5H3,(H,35,37)(H,38,41). The number of anilines is 1. The van der Waals surface area contributed by atoms with Crippen LogP contribution in [0.25, 0.3) is 0 Å². The van der Waals surface area contributed by atoms with Crippen LogP contribution in [0.1, 0.15) is 75.6 Å². The van der Waals surface area contributed by atoms with Crippen LogP contribution >= 0.6 is 11.9 Å². The van der Waals surface area contributed by atoms with Gasteiger partial charge in [-0.15, -0.1) is 0 Å². The molecule has 0 saturated carbocycles. The second kappa shape index (κ2) is 13.2. The van der Waals surface area contributed by atoms with Crippen molar-refractivity contribution in [3.8, 4) is 0 Å². The normalized spacial score (nSPS) is 17.1. The van der Waals surface area contributed by atoms with E-state index in [1.54, 1.807) is 18.3 Å². The molecule has 11 heteroatoms. The number of hydrogen-bond acceptors (Lipinski definition) is 7. The highest BCUT2D eigenvalue weighted by atomic mass is 32.2. The zero-order valence-electron chi connectivity index (χ0n) is 24.9. The van der Waals surface area contributed by atoms with Crippen LogP contribution in [-0.4, -0.2) is 58.1 Å². The number of aromatic nitrogens is 3. The predicted octanol–water partition coefficient (Wildman–Crippen LogP) is 4.60. The Kier molecular flexibility index (Phi) is 9.91. The van der Waals surface area contributed by atoms with Gasteiger partial charge in [-0.25, -0.2) is 9.97 Å². The molecule has 1 fully saturated rings. The van der Waals surface area contributed by atoms with E-state index in [-0.39, 0.29) is 22.6 Å². The van der Waals surface area contributed by atoms with Crippen LogP contribution in [0.2, 0.25) is 0 Å². The lowest BCUT2D eigenvalue weighted by atomic mass is 9.91. The van der Waals surface area contributed by atoms with Crippen molar-refractivity contribution in [1.29, 1.82) is 0 Å². The number of hydrogen-bond donors (Lipinski definition) is 2. The molecule has 2 radical (unpaired) electrons. The molecular formula is C31H38BFN6O2S. The molecule has 220 valence electrons. The van der Waals surface area contributed by atoms with E-state index in [0.717, 1.165) is 49.9 Å². The quantitative estimate of drug-likeness (QED) is 0.146. The number of carbonyl (C=O) groups excluding carboxylic acids is 2. The summed E-state index contributed by atoms with van der Waals surface area (Å²) >= 11 is 1.01. The Morgan fingerprint density at radius 2 is 2.00 bits per heavy atom. The van der Waals surface area contributed by atoms with E-state index in [1.807, 2.05) is 49.9 Å². The first-order valence-corrected chi connectivity index (χ1v) is 15.0. The lowest BCUT2D eigenvalue weighted by Gasteiger charge is -2.27. The molecular weight excluding hydrogens is 550 g/mol. The molecule has 2 unspecified atom stereocenters. The van der Waals surface area contributed by atoms with E-state index in [4.69, 9.17) is 7.85 Å². The molecule has 2 atom stereocenters. The van der Waals surface area contributed by atoms with Crippen LogP contribution < -0.4 is 15.5 Å². The number of halogens is 1. The highest BCUT2D eigenvalue weighted by molar-refractivity contribution is 7.97. The minimum absolute atomic E-state index is 0.0263. The summed E-state index contributed by atoms with van der Waals surface area (Å²) in [5, 5.41) is 4.09. The van der Waals surface area contributed by atoms with Gasteiger partial charge in [0.15, 0.2) is 0 Å². The van der Waals surface area contributed by atoms with E-state index in [9.17, 15) is 14.0 Å². The van der Waals surface area contributed by atoms with Gasteiger partial charge in [-0.3, -0.25) is 19.3 Å². The third-order valence-corrected chi connectivity index (χ3v) is 8.28. The molecule has 4 heterocycles. The largest absolute Gasteiger partial charge is 0.367 e. The average Bonchev–Trinajstić information content (AvgIpc) is 3.24. The first-order chi connectivity index (χ1) is 19.8. The van der Waals surface area contributed by atoms with Crippen molar-refractivity contribution in [3.63, 3.8) is 0 Å². The third-order valence-electron chi connectivity index (χ3n) is 7.56. The van der Waals surface area contributed by atoms with E-state index in [2.05, 4.69) is 38.8 Å². The monoisotopic (exact) mass is 588 g/mol. The Labute approximate surface area is 253 Å². The number of nitrogens with one attached hydrogen (secondary N) is 2. The van der Waals surface area contributed by atoms with Gasteiger partial charge in [0.05, 0.1) is 5.56 Å². The van der Waals surface area contributed by atoms with Gasteiger partial charge in [-0.1, -0.05) is 38.4 Å². The van der Waals surface area contributed by atoms with Crippen molar-refractivity contribution >= 4 is 43.4 Å². The van der Waals surface area contributed by atoms with Crippen molar-refractivity contribution in [1.82, 2.24) is 24.6 Å². The topological polar surface area (TPSA) is 100 Å². The summed E-state index contributed by atoms with van der Waals surface area (Å²) < 4.78 is 17.3. The summed E-state index contributed by atoms with van der Waals surface area (Å²) in [6.45, 7) is 10.8. The number of nitrogens with zero attached hydrogens (tertiary/aromatic N) is 4. The first-order valence-electron chi connectivity index (χ1n) is 14.1. The van der Waals surface area contributed by atoms with Gasteiger partial charge >= 0.3 is 0 Å². The molecule has 3 aromatic rings. The van der Waals surface area contributed by atoms with E-state index >= 15 is 0 Å². The van der Waals surface area contributed by atoms with Gasteiger partial charge in [0, 0.05) is 59.5 Å². The average molecular weight is 589 g/mol. The van der Waals surface area contributed by atoms with E-state index < -0.39 is 11.9 Å².